The maximum Gasteiger partial charge on any atom is 0.259 e. The van der Waals surface area contributed by atoms with E-state index >= 15 is 4.39 Å². The second kappa shape index (κ2) is 7.41. The average molecular weight is 433 g/mol. The molecule has 5 rings (SSSR count). The first-order valence-corrected chi connectivity index (χ1v) is 9.68. The molecule has 0 fully saturated rings. The lowest BCUT2D eigenvalue weighted by atomic mass is 10.1. The van der Waals surface area contributed by atoms with Crippen LogP contribution in [-0.2, 0) is 0 Å². The number of hydrogen-bond acceptors (Lipinski definition) is 5. The molecule has 0 saturated carbocycles. The average Bonchev–Trinajstić information content (AvgIpc) is 3.36. The molecule has 0 atom stereocenters. The molecule has 0 radical (unpaired) electrons. The van der Waals surface area contributed by atoms with Crippen LogP contribution in [0.4, 0.5) is 20.3 Å². The molecule has 1 aromatic carbocycles. The van der Waals surface area contributed by atoms with Crippen LogP contribution in [0.5, 0.6) is 0 Å². The van der Waals surface area contributed by atoms with Crippen molar-refractivity contribution in [1.82, 2.24) is 24.8 Å². The quantitative estimate of drug-likeness (QED) is 0.449. The van der Waals surface area contributed by atoms with E-state index in [1.54, 1.807) is 16.8 Å². The van der Waals surface area contributed by atoms with Gasteiger partial charge in [-0.25, -0.2) is 18.3 Å². The molecule has 0 spiro atoms. The molecule has 2 N–H and O–H groups in total. The molecule has 0 unspecified atom stereocenters. The van der Waals surface area contributed by atoms with Gasteiger partial charge < -0.3 is 10.2 Å². The summed E-state index contributed by atoms with van der Waals surface area (Å²) in [5.74, 6) is -1.91. The molecule has 4 aromatic heterocycles. The highest BCUT2D eigenvalue weighted by Crippen LogP contribution is 2.30. The molecule has 32 heavy (non-hydrogen) atoms. The Morgan fingerprint density at radius 2 is 1.94 bits per heavy atom. The molecule has 5 aromatic rings. The number of fused-ring (bicyclic) bond motifs is 2. The monoisotopic (exact) mass is 433 g/mol. The Morgan fingerprint density at radius 1 is 1.12 bits per heavy atom. The summed E-state index contributed by atoms with van der Waals surface area (Å²) >= 11 is 0. The third-order valence-electron chi connectivity index (χ3n) is 5.13. The predicted molar refractivity (Wildman–Crippen MR) is 117 cm³/mol. The molecule has 0 aliphatic carbocycles. The van der Waals surface area contributed by atoms with Crippen molar-refractivity contribution in [3.05, 3.63) is 72.1 Å². The van der Waals surface area contributed by atoms with E-state index in [-0.39, 0.29) is 28.1 Å². The molecular weight excluding hydrogens is 416 g/mol. The fourth-order valence-corrected chi connectivity index (χ4v) is 3.45. The van der Waals surface area contributed by atoms with Crippen molar-refractivity contribution in [2.45, 2.75) is 0 Å². The molecule has 0 aliphatic heterocycles. The molecule has 0 aliphatic rings. The molecule has 4 heterocycles. The standard InChI is InChI=1S/C22H17F2N7O/c1-30(2)12-7-8-18-15(10-25-31(18)11-12)19-17(24)9-14-20(26-19)28-29-21(14)27-22(32)13-5-3-4-6-16(13)23/h3-11H,1-2H3,(H2,26,27,28,29,32). The number of pyridine rings is 2. The molecule has 10 heteroatoms. The zero-order valence-corrected chi connectivity index (χ0v) is 17.1. The van der Waals surface area contributed by atoms with Crippen LogP contribution in [-0.4, -0.2) is 44.8 Å². The first kappa shape index (κ1) is 19.6. The van der Waals surface area contributed by atoms with Crippen LogP contribution in [0, 0.1) is 11.6 Å². The molecule has 0 saturated heterocycles. The van der Waals surface area contributed by atoms with E-state index < -0.39 is 17.5 Å². The van der Waals surface area contributed by atoms with Crippen molar-refractivity contribution < 1.29 is 13.6 Å². The number of nitrogens with zero attached hydrogens (tertiary/aromatic N) is 5. The van der Waals surface area contributed by atoms with E-state index in [2.05, 4.69) is 25.6 Å². The smallest absolute Gasteiger partial charge is 0.259 e. The van der Waals surface area contributed by atoms with Crippen LogP contribution in [0.25, 0.3) is 27.8 Å². The van der Waals surface area contributed by atoms with Crippen LogP contribution < -0.4 is 10.2 Å². The van der Waals surface area contributed by atoms with Crippen LogP contribution in [0.2, 0.25) is 0 Å². The number of aromatic nitrogens is 5. The number of rotatable bonds is 4. The van der Waals surface area contributed by atoms with Crippen molar-refractivity contribution in [2.24, 2.45) is 0 Å². The van der Waals surface area contributed by atoms with Crippen molar-refractivity contribution >= 4 is 34.0 Å². The Labute approximate surface area is 180 Å². The number of anilines is 2. The zero-order chi connectivity index (χ0) is 22.4. The number of hydrogen-bond donors (Lipinski definition) is 2. The van der Waals surface area contributed by atoms with Crippen LogP contribution in [0.15, 0.2) is 54.9 Å². The summed E-state index contributed by atoms with van der Waals surface area (Å²) in [5, 5.41) is 13.8. The lowest BCUT2D eigenvalue weighted by molar-refractivity contribution is 0.102. The Morgan fingerprint density at radius 3 is 2.72 bits per heavy atom. The molecule has 8 nitrogen and oxygen atoms in total. The Balaban J connectivity index is 1.53. The minimum Gasteiger partial charge on any atom is -0.376 e. The van der Waals surface area contributed by atoms with E-state index in [0.717, 1.165) is 5.69 Å². The van der Waals surface area contributed by atoms with Crippen LogP contribution >= 0.6 is 0 Å². The number of amides is 1. The number of halogens is 2. The zero-order valence-electron chi connectivity index (χ0n) is 17.1. The van der Waals surface area contributed by atoms with Crippen molar-refractivity contribution in [2.75, 3.05) is 24.3 Å². The van der Waals surface area contributed by atoms with Gasteiger partial charge in [0.05, 0.1) is 34.5 Å². The Bertz CT molecular complexity index is 1490. The van der Waals surface area contributed by atoms with Crippen molar-refractivity contribution in [1.29, 1.82) is 0 Å². The van der Waals surface area contributed by atoms with Gasteiger partial charge >= 0.3 is 0 Å². The highest BCUT2D eigenvalue weighted by molar-refractivity contribution is 6.07. The second-order valence-corrected chi connectivity index (χ2v) is 7.39. The number of aromatic amines is 1. The van der Waals surface area contributed by atoms with Gasteiger partial charge in [0.15, 0.2) is 17.3 Å². The number of benzene rings is 1. The van der Waals surface area contributed by atoms with Crippen molar-refractivity contribution in [3.8, 4) is 11.3 Å². The highest BCUT2D eigenvalue weighted by Gasteiger charge is 2.19. The van der Waals surface area contributed by atoms with E-state index in [1.807, 2.05) is 37.3 Å². The normalized spacial score (nSPS) is 11.2. The van der Waals surface area contributed by atoms with Gasteiger partial charge in [0, 0.05) is 19.7 Å². The number of nitrogens with one attached hydrogen (secondary N) is 2. The molecule has 1 amide bonds. The van der Waals surface area contributed by atoms with E-state index in [1.165, 1.54) is 24.3 Å². The number of H-pyrrole nitrogens is 1. The maximum absolute atomic E-state index is 15.1. The van der Waals surface area contributed by atoms with Gasteiger partial charge in [-0.15, -0.1) is 0 Å². The van der Waals surface area contributed by atoms with Gasteiger partial charge in [0.2, 0.25) is 0 Å². The van der Waals surface area contributed by atoms with E-state index in [0.29, 0.717) is 11.1 Å². The lowest BCUT2D eigenvalue weighted by Crippen LogP contribution is -2.14. The maximum atomic E-state index is 15.1. The van der Waals surface area contributed by atoms with Gasteiger partial charge in [-0.05, 0) is 30.3 Å². The fourth-order valence-electron chi connectivity index (χ4n) is 3.45. The molecular formula is C22H17F2N7O. The van der Waals surface area contributed by atoms with Gasteiger partial charge in [0.1, 0.15) is 11.5 Å². The topological polar surface area (TPSA) is 91.2 Å². The third-order valence-corrected chi connectivity index (χ3v) is 5.13. The van der Waals surface area contributed by atoms with Gasteiger partial charge in [-0.2, -0.15) is 10.2 Å². The Hall–Kier alpha value is -4.34. The highest BCUT2D eigenvalue weighted by atomic mass is 19.1. The SMILES string of the molecule is CN(C)c1ccc2c(-c3nc4[nH]nc(NC(=O)c5ccccc5F)c4cc3F)cnn2c1. The van der Waals surface area contributed by atoms with Gasteiger partial charge in [-0.1, -0.05) is 12.1 Å². The van der Waals surface area contributed by atoms with Crippen LogP contribution in [0.3, 0.4) is 0 Å². The van der Waals surface area contributed by atoms with Crippen LogP contribution in [0.1, 0.15) is 10.4 Å². The summed E-state index contributed by atoms with van der Waals surface area (Å²) in [6.45, 7) is 0. The summed E-state index contributed by atoms with van der Waals surface area (Å²) in [5.41, 5.74) is 2.38. The second-order valence-electron chi connectivity index (χ2n) is 7.39. The largest absolute Gasteiger partial charge is 0.376 e. The van der Waals surface area contributed by atoms with Crippen molar-refractivity contribution in [3.63, 3.8) is 0 Å². The Kier molecular flexibility index (Phi) is 4.54. The fraction of sp³-hybridized carbons (Fsp3) is 0.0909. The number of carbonyl (C=O) groups excluding carboxylic acids is 1. The van der Waals surface area contributed by atoms with E-state index in [4.69, 9.17) is 0 Å². The number of carbonyl (C=O) groups is 1. The minimum absolute atomic E-state index is 0.0571. The van der Waals surface area contributed by atoms with Gasteiger partial charge in [0.25, 0.3) is 5.91 Å². The third kappa shape index (κ3) is 3.22. The van der Waals surface area contributed by atoms with Gasteiger partial charge in [-0.3, -0.25) is 9.89 Å². The predicted octanol–water partition coefficient (Wildman–Crippen LogP) is 3.87. The lowest BCUT2D eigenvalue weighted by Gasteiger charge is -2.12. The summed E-state index contributed by atoms with van der Waals surface area (Å²) in [4.78, 5) is 18.7. The first-order chi connectivity index (χ1) is 15.4. The first-order valence-electron chi connectivity index (χ1n) is 9.68. The summed E-state index contributed by atoms with van der Waals surface area (Å²) < 4.78 is 30.6. The summed E-state index contributed by atoms with van der Waals surface area (Å²) in [6, 6.07) is 10.5. The summed E-state index contributed by atoms with van der Waals surface area (Å²) in [7, 11) is 3.84. The van der Waals surface area contributed by atoms with E-state index in [9.17, 15) is 9.18 Å². The molecule has 160 valence electrons. The molecule has 0 bridgehead atoms. The minimum atomic E-state index is -0.694. The summed E-state index contributed by atoms with van der Waals surface area (Å²) in [6.07, 6.45) is 3.38.